The lowest BCUT2D eigenvalue weighted by Gasteiger charge is -2.32. The molecule has 1 aliphatic rings. The van der Waals surface area contributed by atoms with Gasteiger partial charge in [0, 0.05) is 11.5 Å². The zero-order valence-electron chi connectivity index (χ0n) is 24.8. The van der Waals surface area contributed by atoms with Crippen LogP contribution in [0.5, 0.6) is 11.5 Å². The Balaban J connectivity index is 1.91. The van der Waals surface area contributed by atoms with E-state index in [4.69, 9.17) is 13.8 Å². The van der Waals surface area contributed by atoms with Crippen LogP contribution >= 0.6 is 7.82 Å². The number of carbonyl (C=O) groups excluding carboxylic acids is 1. The minimum Gasteiger partial charge on any atom is -0.507 e. The molecule has 0 heterocycles. The molecule has 2 unspecified atom stereocenters. The van der Waals surface area contributed by atoms with Gasteiger partial charge in [-0.25, -0.2) is 9.36 Å². The summed E-state index contributed by atoms with van der Waals surface area (Å²) in [5.41, 5.74) is 4.26. The third-order valence-electron chi connectivity index (χ3n) is 7.48. The lowest BCUT2D eigenvalue weighted by Crippen LogP contribution is -2.29. The second-order valence-electron chi connectivity index (χ2n) is 11.0. The van der Waals surface area contributed by atoms with Crippen LogP contribution in [0.25, 0.3) is 0 Å². The maximum Gasteiger partial charge on any atom is 0.473 e. The van der Waals surface area contributed by atoms with E-state index in [2.05, 4.69) is 26.5 Å². The first-order valence-electron chi connectivity index (χ1n) is 14.6. The number of aromatic hydroxyl groups is 1. The van der Waals surface area contributed by atoms with E-state index in [9.17, 15) is 19.4 Å². The number of carbonyl (C=O) groups is 1. The van der Waals surface area contributed by atoms with Crippen molar-refractivity contribution in [1.82, 2.24) is 0 Å². The highest BCUT2D eigenvalue weighted by molar-refractivity contribution is 7.47. The standard InChI is InChI=1S/C33H45O7P/c1-6-8-10-16-26-20-29(34)32(28-19-24(5)17-18-27(28)23(3)4)31(21-26)39-33(35)30(13-7-2)40-41(36,37)38-22-25-14-11-9-12-15-25/h9,11-12,14-15,19-21,27-28,30,34H,3,6-8,10,13,16-18,22H2,1-2,4-5H3,(H,36,37)/t27-,28+,30?/m0/s1. The molecule has 0 spiro atoms. The molecule has 1 aliphatic carbocycles. The van der Waals surface area contributed by atoms with Crippen molar-refractivity contribution in [3.05, 3.63) is 83.0 Å². The summed E-state index contributed by atoms with van der Waals surface area (Å²) in [5.74, 6) is -0.654. The van der Waals surface area contributed by atoms with E-state index in [0.29, 0.717) is 17.5 Å². The molecule has 0 radical (unpaired) electrons. The molecule has 2 aromatic carbocycles. The molecule has 8 heteroatoms. The first-order chi connectivity index (χ1) is 19.5. The number of rotatable bonds is 15. The van der Waals surface area contributed by atoms with Crippen LogP contribution in [0.3, 0.4) is 0 Å². The van der Waals surface area contributed by atoms with Gasteiger partial charge in [-0.3, -0.25) is 9.05 Å². The Hall–Kier alpha value is -2.70. The van der Waals surface area contributed by atoms with Gasteiger partial charge in [0.25, 0.3) is 0 Å². The topological polar surface area (TPSA) is 102 Å². The quantitative estimate of drug-likeness (QED) is 0.0711. The molecule has 2 N–H and O–H groups in total. The molecule has 0 saturated carbocycles. The lowest BCUT2D eigenvalue weighted by atomic mass is 9.73. The predicted molar refractivity (Wildman–Crippen MR) is 162 cm³/mol. The molecule has 4 atom stereocenters. The Morgan fingerprint density at radius 3 is 2.51 bits per heavy atom. The molecule has 0 amide bonds. The number of unbranched alkanes of at least 4 members (excludes halogenated alkanes) is 2. The van der Waals surface area contributed by atoms with Gasteiger partial charge in [-0.2, -0.15) is 0 Å². The van der Waals surface area contributed by atoms with Crippen LogP contribution in [0.2, 0.25) is 0 Å². The van der Waals surface area contributed by atoms with Gasteiger partial charge in [0.15, 0.2) is 6.10 Å². The van der Waals surface area contributed by atoms with E-state index in [-0.39, 0.29) is 36.4 Å². The van der Waals surface area contributed by atoms with Gasteiger partial charge in [-0.1, -0.05) is 87.2 Å². The SMILES string of the molecule is C=C(C)[C@@H]1CCC(C)=C[C@H]1c1c(O)cc(CCCCC)cc1OC(=O)C(CCC)OP(=O)(O)OCc1ccccc1. The number of esters is 1. The number of aryl methyl sites for hydroxylation is 1. The second kappa shape index (κ2) is 15.5. The Labute approximate surface area is 244 Å². The largest absolute Gasteiger partial charge is 0.507 e. The third kappa shape index (κ3) is 9.68. The second-order valence-corrected chi connectivity index (χ2v) is 12.5. The highest BCUT2D eigenvalue weighted by atomic mass is 31.2. The Kier molecular flexibility index (Phi) is 12.4. The molecule has 0 saturated heterocycles. The van der Waals surface area contributed by atoms with Crippen LogP contribution < -0.4 is 4.74 Å². The van der Waals surface area contributed by atoms with Gasteiger partial charge in [0.1, 0.15) is 11.5 Å². The number of hydrogen-bond donors (Lipinski definition) is 2. The van der Waals surface area contributed by atoms with Crippen LogP contribution in [-0.2, 0) is 31.4 Å². The molecule has 2 aromatic rings. The fourth-order valence-electron chi connectivity index (χ4n) is 5.29. The average Bonchev–Trinajstić information content (AvgIpc) is 2.92. The molecule has 0 bridgehead atoms. The Morgan fingerprint density at radius 1 is 1.12 bits per heavy atom. The monoisotopic (exact) mass is 584 g/mol. The van der Waals surface area contributed by atoms with Crippen molar-refractivity contribution in [3.8, 4) is 11.5 Å². The molecule has 0 fully saturated rings. The highest BCUT2D eigenvalue weighted by Gasteiger charge is 2.35. The van der Waals surface area contributed by atoms with Crippen molar-refractivity contribution in [3.63, 3.8) is 0 Å². The number of phosphoric acid groups is 1. The fraction of sp³-hybridized carbons (Fsp3) is 0.485. The zero-order valence-corrected chi connectivity index (χ0v) is 25.7. The van der Waals surface area contributed by atoms with E-state index in [1.165, 1.54) is 5.57 Å². The van der Waals surface area contributed by atoms with E-state index in [0.717, 1.165) is 49.7 Å². The van der Waals surface area contributed by atoms with Crippen molar-refractivity contribution in [2.45, 2.75) is 97.7 Å². The van der Waals surface area contributed by atoms with Crippen LogP contribution in [0.15, 0.2) is 66.3 Å². The first kappa shape index (κ1) is 32.8. The van der Waals surface area contributed by atoms with Gasteiger partial charge < -0.3 is 14.7 Å². The minimum absolute atomic E-state index is 0.0657. The van der Waals surface area contributed by atoms with Crippen molar-refractivity contribution in [2.75, 3.05) is 0 Å². The Bertz CT molecular complexity index is 1250. The number of hydrogen-bond acceptors (Lipinski definition) is 6. The maximum absolute atomic E-state index is 13.5. The molecule has 0 aliphatic heterocycles. The summed E-state index contributed by atoms with van der Waals surface area (Å²) in [6.07, 6.45) is 7.03. The van der Waals surface area contributed by atoms with Crippen LogP contribution in [-0.4, -0.2) is 22.1 Å². The highest BCUT2D eigenvalue weighted by Crippen LogP contribution is 2.48. The Morgan fingerprint density at radius 2 is 1.85 bits per heavy atom. The molecule has 224 valence electrons. The summed E-state index contributed by atoms with van der Waals surface area (Å²) in [6, 6.07) is 12.5. The molecule has 3 rings (SSSR count). The van der Waals surface area contributed by atoms with Crippen molar-refractivity contribution < 1.29 is 33.1 Å². The van der Waals surface area contributed by atoms with E-state index >= 15 is 0 Å². The van der Waals surface area contributed by atoms with E-state index in [1.807, 2.05) is 26.0 Å². The van der Waals surface area contributed by atoms with Gasteiger partial charge in [-0.05, 0) is 75.1 Å². The molecule has 41 heavy (non-hydrogen) atoms. The lowest BCUT2D eigenvalue weighted by molar-refractivity contribution is -0.143. The number of benzene rings is 2. The van der Waals surface area contributed by atoms with Gasteiger partial charge in [0.05, 0.1) is 6.61 Å². The average molecular weight is 585 g/mol. The summed E-state index contributed by atoms with van der Waals surface area (Å²) in [7, 11) is -4.58. The number of allylic oxidation sites excluding steroid dienone is 3. The maximum atomic E-state index is 13.5. The van der Waals surface area contributed by atoms with Gasteiger partial charge in [0.2, 0.25) is 0 Å². The predicted octanol–water partition coefficient (Wildman–Crippen LogP) is 8.55. The summed E-state index contributed by atoms with van der Waals surface area (Å²) in [5, 5.41) is 11.3. The summed E-state index contributed by atoms with van der Waals surface area (Å²) in [4.78, 5) is 23.9. The summed E-state index contributed by atoms with van der Waals surface area (Å²) < 4.78 is 29.3. The third-order valence-corrected chi connectivity index (χ3v) is 8.46. The van der Waals surface area contributed by atoms with Crippen LogP contribution in [0.4, 0.5) is 0 Å². The normalized spacial score (nSPS) is 19.2. The zero-order chi connectivity index (χ0) is 30.0. The number of phosphoric ester groups is 1. The van der Waals surface area contributed by atoms with Gasteiger partial charge in [-0.15, -0.1) is 0 Å². The number of ether oxygens (including phenoxy) is 1. The van der Waals surface area contributed by atoms with Crippen molar-refractivity contribution >= 4 is 13.8 Å². The molecular formula is C33H45O7P. The van der Waals surface area contributed by atoms with E-state index < -0.39 is 19.9 Å². The molecular weight excluding hydrogens is 539 g/mol. The van der Waals surface area contributed by atoms with Crippen molar-refractivity contribution in [2.24, 2.45) is 5.92 Å². The van der Waals surface area contributed by atoms with Crippen molar-refractivity contribution in [1.29, 1.82) is 0 Å². The van der Waals surface area contributed by atoms with Crippen LogP contribution in [0.1, 0.15) is 95.2 Å². The number of phenolic OH excluding ortho intramolecular Hbond substituents is 1. The van der Waals surface area contributed by atoms with E-state index in [1.54, 1.807) is 30.3 Å². The fourth-order valence-corrected chi connectivity index (χ4v) is 6.17. The smallest absolute Gasteiger partial charge is 0.473 e. The van der Waals surface area contributed by atoms with Gasteiger partial charge >= 0.3 is 13.8 Å². The number of phenols is 1. The summed E-state index contributed by atoms with van der Waals surface area (Å²) >= 11 is 0. The summed E-state index contributed by atoms with van der Waals surface area (Å²) in [6.45, 7) is 12.1. The molecule has 7 nitrogen and oxygen atoms in total. The first-order valence-corrected chi connectivity index (χ1v) is 16.1. The van der Waals surface area contributed by atoms with Crippen LogP contribution in [0, 0.1) is 5.92 Å². The minimum atomic E-state index is -4.58. The molecule has 0 aromatic heterocycles.